The first-order chi connectivity index (χ1) is 7.20. The van der Waals surface area contributed by atoms with Crippen molar-refractivity contribution in [1.82, 2.24) is 10.2 Å². The van der Waals surface area contributed by atoms with Crippen LogP contribution in [0.3, 0.4) is 0 Å². The van der Waals surface area contributed by atoms with Crippen molar-refractivity contribution in [3.63, 3.8) is 0 Å². The predicted octanol–water partition coefficient (Wildman–Crippen LogP) is 0.358. The Balaban J connectivity index is 2.53. The Labute approximate surface area is 91.6 Å². The van der Waals surface area contributed by atoms with Crippen LogP contribution in [0.25, 0.3) is 0 Å². The van der Waals surface area contributed by atoms with Gasteiger partial charge in [0.2, 0.25) is 5.91 Å². The number of amides is 1. The van der Waals surface area contributed by atoms with E-state index in [9.17, 15) is 4.79 Å². The fraction of sp³-hybridized carbons (Fsp3) is 0.909. The molecule has 1 rings (SSSR count). The third-order valence-corrected chi connectivity index (χ3v) is 3.00. The van der Waals surface area contributed by atoms with E-state index in [2.05, 4.69) is 5.32 Å². The highest BCUT2D eigenvalue weighted by molar-refractivity contribution is 5.82. The van der Waals surface area contributed by atoms with Crippen molar-refractivity contribution in [3.05, 3.63) is 0 Å². The molecule has 0 spiro atoms. The van der Waals surface area contributed by atoms with Gasteiger partial charge in [0, 0.05) is 19.2 Å². The first-order valence-corrected chi connectivity index (χ1v) is 5.85. The molecule has 1 aliphatic rings. The number of likely N-dealkylation sites (N-methyl/N-ethyl adjacent to an activating group) is 1. The van der Waals surface area contributed by atoms with Crippen molar-refractivity contribution < 1.29 is 9.90 Å². The van der Waals surface area contributed by atoms with E-state index in [1.165, 1.54) is 0 Å². The molecule has 2 N–H and O–H groups in total. The zero-order chi connectivity index (χ0) is 11.3. The molecular weight excluding hydrogens is 192 g/mol. The zero-order valence-electron chi connectivity index (χ0n) is 9.70. The molecule has 1 amide bonds. The van der Waals surface area contributed by atoms with Gasteiger partial charge in [-0.2, -0.15) is 0 Å². The predicted molar refractivity (Wildman–Crippen MR) is 59.6 cm³/mol. The lowest BCUT2D eigenvalue weighted by atomic mass is 10.0. The van der Waals surface area contributed by atoms with Crippen LogP contribution >= 0.6 is 0 Å². The molecule has 1 heterocycles. The molecule has 1 fully saturated rings. The molecule has 0 aliphatic carbocycles. The van der Waals surface area contributed by atoms with Crippen LogP contribution in [-0.2, 0) is 4.79 Å². The standard InChI is InChI=1S/C11H22N2O2/c1-3-12-10-5-4-7-13(11(10)15)9(2)6-8-14/h9-10,12,14H,3-8H2,1-2H3. The number of piperidine rings is 1. The lowest BCUT2D eigenvalue weighted by Crippen LogP contribution is -2.53. The fourth-order valence-corrected chi connectivity index (χ4v) is 2.12. The smallest absolute Gasteiger partial charge is 0.239 e. The van der Waals surface area contributed by atoms with Crippen LogP contribution in [0.4, 0.5) is 0 Å². The van der Waals surface area contributed by atoms with E-state index in [0.717, 1.165) is 25.9 Å². The molecule has 88 valence electrons. The summed E-state index contributed by atoms with van der Waals surface area (Å²) in [5.41, 5.74) is 0. The Bertz CT molecular complexity index is 207. The van der Waals surface area contributed by atoms with Gasteiger partial charge >= 0.3 is 0 Å². The van der Waals surface area contributed by atoms with E-state index < -0.39 is 0 Å². The van der Waals surface area contributed by atoms with Crippen molar-refractivity contribution in [3.8, 4) is 0 Å². The number of carbonyl (C=O) groups is 1. The maximum absolute atomic E-state index is 12.0. The van der Waals surface area contributed by atoms with Crippen LogP contribution in [0.2, 0.25) is 0 Å². The van der Waals surface area contributed by atoms with Gasteiger partial charge in [0.1, 0.15) is 0 Å². The van der Waals surface area contributed by atoms with Gasteiger partial charge in [-0.15, -0.1) is 0 Å². The molecule has 1 saturated heterocycles. The molecule has 15 heavy (non-hydrogen) atoms. The number of nitrogens with zero attached hydrogens (tertiary/aromatic N) is 1. The number of carbonyl (C=O) groups excluding carboxylic acids is 1. The van der Waals surface area contributed by atoms with E-state index >= 15 is 0 Å². The fourth-order valence-electron chi connectivity index (χ4n) is 2.12. The lowest BCUT2D eigenvalue weighted by Gasteiger charge is -2.36. The number of nitrogens with one attached hydrogen (secondary N) is 1. The minimum atomic E-state index is -0.00936. The molecule has 2 atom stereocenters. The van der Waals surface area contributed by atoms with Crippen LogP contribution in [0.1, 0.15) is 33.1 Å². The Morgan fingerprint density at radius 2 is 2.40 bits per heavy atom. The Hall–Kier alpha value is -0.610. The summed E-state index contributed by atoms with van der Waals surface area (Å²) < 4.78 is 0. The van der Waals surface area contributed by atoms with Gasteiger partial charge in [-0.05, 0) is 32.7 Å². The summed E-state index contributed by atoms with van der Waals surface area (Å²) in [6.07, 6.45) is 2.67. The largest absolute Gasteiger partial charge is 0.396 e. The molecule has 0 aromatic carbocycles. The van der Waals surface area contributed by atoms with Gasteiger partial charge < -0.3 is 15.3 Å². The average Bonchev–Trinajstić information content (AvgIpc) is 2.22. The third kappa shape index (κ3) is 3.18. The maximum Gasteiger partial charge on any atom is 0.239 e. The zero-order valence-corrected chi connectivity index (χ0v) is 9.70. The van der Waals surface area contributed by atoms with Gasteiger partial charge in [0.25, 0.3) is 0 Å². The Kier molecular flexibility index (Phi) is 5.05. The number of likely N-dealkylation sites (tertiary alicyclic amines) is 1. The van der Waals surface area contributed by atoms with Crippen molar-refractivity contribution in [2.75, 3.05) is 19.7 Å². The second-order valence-electron chi connectivity index (χ2n) is 4.15. The van der Waals surface area contributed by atoms with Crippen molar-refractivity contribution >= 4 is 5.91 Å². The second-order valence-corrected chi connectivity index (χ2v) is 4.15. The molecule has 1 aliphatic heterocycles. The first-order valence-electron chi connectivity index (χ1n) is 5.85. The van der Waals surface area contributed by atoms with Crippen LogP contribution in [0.5, 0.6) is 0 Å². The summed E-state index contributed by atoms with van der Waals surface area (Å²) in [6, 6.07) is 0.147. The molecule has 0 aromatic heterocycles. The number of aliphatic hydroxyl groups is 1. The summed E-state index contributed by atoms with van der Waals surface area (Å²) >= 11 is 0. The van der Waals surface area contributed by atoms with Crippen LogP contribution in [0.15, 0.2) is 0 Å². The van der Waals surface area contributed by atoms with Crippen LogP contribution in [-0.4, -0.2) is 47.7 Å². The molecule has 4 nitrogen and oxygen atoms in total. The van der Waals surface area contributed by atoms with E-state index in [1.807, 2.05) is 18.7 Å². The summed E-state index contributed by atoms with van der Waals surface area (Å²) in [5.74, 6) is 0.198. The van der Waals surface area contributed by atoms with Crippen LogP contribution < -0.4 is 5.32 Å². The Morgan fingerprint density at radius 3 is 3.00 bits per heavy atom. The van der Waals surface area contributed by atoms with E-state index in [4.69, 9.17) is 5.11 Å². The van der Waals surface area contributed by atoms with Gasteiger partial charge in [-0.25, -0.2) is 0 Å². The molecule has 0 radical (unpaired) electrons. The normalized spacial score (nSPS) is 24.3. The van der Waals surface area contributed by atoms with Gasteiger partial charge in [0.05, 0.1) is 6.04 Å². The number of aliphatic hydroxyl groups excluding tert-OH is 1. The van der Waals surface area contributed by atoms with Gasteiger partial charge in [0.15, 0.2) is 0 Å². The SMILES string of the molecule is CCNC1CCCN(C(C)CCO)C1=O. The summed E-state index contributed by atoms with van der Waals surface area (Å²) in [4.78, 5) is 13.9. The van der Waals surface area contributed by atoms with Crippen LogP contribution in [0, 0.1) is 0 Å². The molecule has 0 aromatic rings. The lowest BCUT2D eigenvalue weighted by molar-refractivity contribution is -0.138. The van der Waals surface area contributed by atoms with E-state index in [-0.39, 0.29) is 24.6 Å². The summed E-state index contributed by atoms with van der Waals surface area (Å²) in [6.45, 7) is 5.84. The van der Waals surface area contributed by atoms with Crippen molar-refractivity contribution in [2.24, 2.45) is 0 Å². The topological polar surface area (TPSA) is 52.6 Å². The minimum Gasteiger partial charge on any atom is -0.396 e. The number of hydrogen-bond acceptors (Lipinski definition) is 3. The third-order valence-electron chi connectivity index (χ3n) is 3.00. The maximum atomic E-state index is 12.0. The molecule has 4 heteroatoms. The van der Waals surface area contributed by atoms with Gasteiger partial charge in [-0.1, -0.05) is 6.92 Å². The van der Waals surface area contributed by atoms with E-state index in [1.54, 1.807) is 0 Å². The van der Waals surface area contributed by atoms with Crippen molar-refractivity contribution in [2.45, 2.75) is 45.2 Å². The monoisotopic (exact) mass is 214 g/mol. The van der Waals surface area contributed by atoms with Gasteiger partial charge in [-0.3, -0.25) is 4.79 Å². The first kappa shape index (κ1) is 12.5. The highest BCUT2D eigenvalue weighted by atomic mass is 16.3. The molecule has 2 unspecified atom stereocenters. The summed E-state index contributed by atoms with van der Waals surface area (Å²) in [5, 5.41) is 12.1. The molecular formula is C11H22N2O2. The van der Waals surface area contributed by atoms with Crippen molar-refractivity contribution in [1.29, 1.82) is 0 Å². The quantitative estimate of drug-likeness (QED) is 0.694. The highest BCUT2D eigenvalue weighted by Crippen LogP contribution is 2.16. The molecule has 0 saturated carbocycles. The minimum absolute atomic E-state index is 0.00936. The Morgan fingerprint density at radius 1 is 1.67 bits per heavy atom. The number of rotatable bonds is 5. The summed E-state index contributed by atoms with van der Waals surface area (Å²) in [7, 11) is 0. The average molecular weight is 214 g/mol. The second kappa shape index (κ2) is 6.08. The number of hydrogen-bond donors (Lipinski definition) is 2. The molecule has 0 bridgehead atoms. The highest BCUT2D eigenvalue weighted by Gasteiger charge is 2.30. The van der Waals surface area contributed by atoms with E-state index in [0.29, 0.717) is 6.42 Å².